The minimum Gasteiger partial charge on any atom is -0.354 e. The molecule has 84 valence electrons. The first-order chi connectivity index (χ1) is 7.20. The van der Waals surface area contributed by atoms with E-state index in [1.807, 2.05) is 11.9 Å². The summed E-state index contributed by atoms with van der Waals surface area (Å²) >= 11 is 3.34. The molecule has 0 amide bonds. The van der Waals surface area contributed by atoms with E-state index in [9.17, 15) is 4.79 Å². The van der Waals surface area contributed by atoms with E-state index >= 15 is 0 Å². The largest absolute Gasteiger partial charge is 0.354 e. The molecule has 0 radical (unpaired) electrons. The first-order valence-corrected chi connectivity index (χ1v) is 6.15. The number of hydrogen-bond donors (Lipinski definition) is 0. The number of alkyl halides is 1. The van der Waals surface area contributed by atoms with Crippen molar-refractivity contribution in [1.29, 1.82) is 0 Å². The second-order valence-electron chi connectivity index (χ2n) is 3.36. The molecule has 0 bridgehead atoms. The molecule has 1 aromatic heterocycles. The number of halogens is 1. The van der Waals surface area contributed by atoms with Gasteiger partial charge in [0, 0.05) is 37.9 Å². The second-order valence-corrected chi connectivity index (χ2v) is 4.15. The van der Waals surface area contributed by atoms with Crippen LogP contribution in [-0.4, -0.2) is 28.5 Å². The lowest BCUT2D eigenvalue weighted by atomic mass is 10.4. The van der Waals surface area contributed by atoms with Gasteiger partial charge in [0.05, 0.1) is 0 Å². The van der Waals surface area contributed by atoms with Crippen molar-refractivity contribution in [2.24, 2.45) is 0 Å². The smallest absolute Gasteiger partial charge is 0.293 e. The highest BCUT2D eigenvalue weighted by molar-refractivity contribution is 9.09. The molecule has 0 aliphatic heterocycles. The minimum absolute atomic E-state index is 0.0113. The van der Waals surface area contributed by atoms with Crippen molar-refractivity contribution in [2.45, 2.75) is 19.9 Å². The summed E-state index contributed by atoms with van der Waals surface area (Å²) < 4.78 is 1.70. The van der Waals surface area contributed by atoms with Gasteiger partial charge in [-0.3, -0.25) is 4.79 Å². The Morgan fingerprint density at radius 2 is 2.33 bits per heavy atom. The Balaban J connectivity index is 2.98. The second kappa shape index (κ2) is 5.90. The Kier molecular flexibility index (Phi) is 4.81. The lowest BCUT2D eigenvalue weighted by Crippen LogP contribution is -2.31. The van der Waals surface area contributed by atoms with Crippen molar-refractivity contribution < 1.29 is 0 Å². The summed E-state index contributed by atoms with van der Waals surface area (Å²) in [6.45, 7) is 3.57. The summed E-state index contributed by atoms with van der Waals surface area (Å²) in [7, 11) is 1.88. The highest BCUT2D eigenvalue weighted by atomic mass is 79.9. The first-order valence-electron chi connectivity index (χ1n) is 5.03. The van der Waals surface area contributed by atoms with Crippen molar-refractivity contribution in [2.75, 3.05) is 23.8 Å². The molecule has 0 unspecified atom stereocenters. The molecule has 0 N–H and O–H groups in total. The molecule has 0 aliphatic carbocycles. The van der Waals surface area contributed by atoms with Crippen LogP contribution in [0.4, 0.5) is 5.82 Å². The van der Waals surface area contributed by atoms with Gasteiger partial charge in [0.15, 0.2) is 5.82 Å². The number of nitrogens with zero attached hydrogens (tertiary/aromatic N) is 3. The third-order valence-electron chi connectivity index (χ3n) is 2.14. The molecule has 0 fully saturated rings. The number of hydrogen-bond acceptors (Lipinski definition) is 3. The summed E-state index contributed by atoms with van der Waals surface area (Å²) in [6.07, 6.45) is 4.36. The van der Waals surface area contributed by atoms with Crippen LogP contribution in [-0.2, 0) is 6.54 Å². The normalized spacial score (nSPS) is 10.3. The van der Waals surface area contributed by atoms with Crippen LogP contribution in [0.2, 0.25) is 0 Å². The van der Waals surface area contributed by atoms with Gasteiger partial charge < -0.3 is 9.47 Å². The molecule has 0 aromatic carbocycles. The number of anilines is 1. The monoisotopic (exact) mass is 273 g/mol. The zero-order valence-electron chi connectivity index (χ0n) is 9.11. The predicted molar refractivity (Wildman–Crippen MR) is 65.9 cm³/mol. The molecular formula is C10H16BrN3O. The maximum Gasteiger partial charge on any atom is 0.293 e. The molecule has 0 saturated carbocycles. The molecular weight excluding hydrogens is 258 g/mol. The summed E-state index contributed by atoms with van der Waals surface area (Å²) in [5.74, 6) is 0.519. The van der Waals surface area contributed by atoms with Crippen LogP contribution in [0, 0.1) is 0 Å². The van der Waals surface area contributed by atoms with Crippen molar-refractivity contribution in [1.82, 2.24) is 9.55 Å². The molecule has 0 aliphatic rings. The Labute approximate surface area is 98.1 Å². The zero-order valence-corrected chi connectivity index (χ0v) is 10.7. The maximum atomic E-state index is 11.9. The van der Waals surface area contributed by atoms with Gasteiger partial charge in [-0.05, 0) is 6.42 Å². The lowest BCUT2D eigenvalue weighted by Gasteiger charge is -2.16. The number of aryl methyl sites for hydroxylation is 1. The fourth-order valence-corrected chi connectivity index (χ4v) is 1.88. The van der Waals surface area contributed by atoms with Gasteiger partial charge in [0.1, 0.15) is 0 Å². The van der Waals surface area contributed by atoms with Gasteiger partial charge in [0.2, 0.25) is 0 Å². The topological polar surface area (TPSA) is 38.1 Å². The van der Waals surface area contributed by atoms with E-state index in [0.29, 0.717) is 5.82 Å². The number of aromatic nitrogens is 2. The van der Waals surface area contributed by atoms with Gasteiger partial charge in [-0.25, -0.2) is 4.98 Å². The van der Waals surface area contributed by atoms with Crippen molar-refractivity contribution in [3.05, 3.63) is 22.7 Å². The minimum atomic E-state index is -0.0113. The molecule has 4 nitrogen and oxygen atoms in total. The van der Waals surface area contributed by atoms with E-state index < -0.39 is 0 Å². The van der Waals surface area contributed by atoms with Crippen LogP contribution < -0.4 is 10.5 Å². The fourth-order valence-electron chi connectivity index (χ4n) is 1.35. The van der Waals surface area contributed by atoms with E-state index in [-0.39, 0.29) is 5.56 Å². The van der Waals surface area contributed by atoms with E-state index in [1.165, 1.54) is 0 Å². The number of rotatable bonds is 5. The van der Waals surface area contributed by atoms with Crippen LogP contribution in [0.5, 0.6) is 0 Å². The first kappa shape index (κ1) is 12.2. The van der Waals surface area contributed by atoms with E-state index in [4.69, 9.17) is 0 Å². The van der Waals surface area contributed by atoms with Crippen molar-refractivity contribution in [3.8, 4) is 0 Å². The molecule has 1 heterocycles. The van der Waals surface area contributed by atoms with Crippen LogP contribution in [0.25, 0.3) is 0 Å². The lowest BCUT2D eigenvalue weighted by molar-refractivity contribution is 0.645. The molecule has 0 atom stereocenters. The van der Waals surface area contributed by atoms with Crippen LogP contribution >= 0.6 is 15.9 Å². The molecule has 15 heavy (non-hydrogen) atoms. The van der Waals surface area contributed by atoms with Crippen molar-refractivity contribution >= 4 is 21.7 Å². The van der Waals surface area contributed by atoms with Crippen LogP contribution in [0.3, 0.4) is 0 Å². The molecule has 1 rings (SSSR count). The molecule has 0 saturated heterocycles. The Morgan fingerprint density at radius 1 is 1.60 bits per heavy atom. The molecule has 1 aromatic rings. The average Bonchev–Trinajstić information content (AvgIpc) is 2.22. The standard InChI is InChI=1S/C10H16BrN3O/c1-3-6-14-8-5-12-9(10(14)15)13(2)7-4-11/h5,8H,3-4,6-7H2,1-2H3. The van der Waals surface area contributed by atoms with Crippen LogP contribution in [0.1, 0.15) is 13.3 Å². The Morgan fingerprint density at radius 3 is 2.93 bits per heavy atom. The van der Waals surface area contributed by atoms with E-state index in [1.54, 1.807) is 17.0 Å². The fraction of sp³-hybridized carbons (Fsp3) is 0.600. The SMILES string of the molecule is CCCn1ccnc(N(C)CCBr)c1=O. The van der Waals surface area contributed by atoms with Gasteiger partial charge in [-0.2, -0.15) is 0 Å². The van der Waals surface area contributed by atoms with Gasteiger partial charge in [-0.1, -0.05) is 22.9 Å². The highest BCUT2D eigenvalue weighted by Crippen LogP contribution is 2.01. The van der Waals surface area contributed by atoms with Crippen molar-refractivity contribution in [3.63, 3.8) is 0 Å². The zero-order chi connectivity index (χ0) is 11.3. The third-order valence-corrected chi connectivity index (χ3v) is 2.50. The summed E-state index contributed by atoms with van der Waals surface area (Å²) in [5, 5.41) is 0.827. The summed E-state index contributed by atoms with van der Waals surface area (Å²) in [5.41, 5.74) is -0.0113. The van der Waals surface area contributed by atoms with Crippen LogP contribution in [0.15, 0.2) is 17.2 Å². The highest BCUT2D eigenvalue weighted by Gasteiger charge is 2.08. The summed E-state index contributed by atoms with van der Waals surface area (Å²) in [6, 6.07) is 0. The molecule has 0 spiro atoms. The van der Waals surface area contributed by atoms with E-state index in [2.05, 4.69) is 27.8 Å². The third kappa shape index (κ3) is 3.06. The van der Waals surface area contributed by atoms with Gasteiger partial charge in [-0.15, -0.1) is 0 Å². The average molecular weight is 274 g/mol. The quantitative estimate of drug-likeness (QED) is 0.763. The van der Waals surface area contributed by atoms with Gasteiger partial charge >= 0.3 is 0 Å². The summed E-state index contributed by atoms with van der Waals surface area (Å²) in [4.78, 5) is 17.9. The molecule has 5 heteroatoms. The van der Waals surface area contributed by atoms with E-state index in [0.717, 1.165) is 24.8 Å². The Hall–Kier alpha value is -0.840. The predicted octanol–water partition coefficient (Wildman–Crippen LogP) is 1.48. The maximum absolute atomic E-state index is 11.9. The Bertz CT molecular complexity index is 364. The van der Waals surface area contributed by atoms with Gasteiger partial charge in [0.25, 0.3) is 5.56 Å².